The number of rotatable bonds is 8. The average molecular weight is 518 g/mol. The fourth-order valence-electron chi connectivity index (χ4n) is 4.48. The molecule has 1 amide bonds. The van der Waals surface area contributed by atoms with Crippen LogP contribution in [0.5, 0.6) is 0 Å². The van der Waals surface area contributed by atoms with Gasteiger partial charge in [-0.3, -0.25) is 4.79 Å². The van der Waals surface area contributed by atoms with Gasteiger partial charge in [-0.2, -0.15) is 9.98 Å². The van der Waals surface area contributed by atoms with Crippen LogP contribution in [-0.2, 0) is 31.2 Å². The molecule has 0 bridgehead atoms. The quantitative estimate of drug-likeness (QED) is 0.464. The maximum atomic E-state index is 13.5. The van der Waals surface area contributed by atoms with Gasteiger partial charge in [0.15, 0.2) is 0 Å². The third kappa shape index (κ3) is 5.42. The van der Waals surface area contributed by atoms with Crippen molar-refractivity contribution in [3.05, 3.63) is 54.5 Å². The number of hydrogen-bond donors (Lipinski definition) is 2. The van der Waals surface area contributed by atoms with Crippen molar-refractivity contribution in [2.24, 2.45) is 0 Å². The van der Waals surface area contributed by atoms with Gasteiger partial charge < -0.3 is 14.5 Å². The number of aryl methyl sites for hydroxylation is 1. The second-order valence-electron chi connectivity index (χ2n) is 8.71. The van der Waals surface area contributed by atoms with E-state index in [0.29, 0.717) is 29.4 Å². The number of nitriles is 1. The van der Waals surface area contributed by atoms with Crippen LogP contribution in [0.2, 0.25) is 0 Å². The normalized spacial score (nSPS) is 16.3. The molecule has 2 aromatic heterocycles. The van der Waals surface area contributed by atoms with Crippen LogP contribution in [0.4, 0.5) is 0 Å². The molecule has 4 rings (SSSR count). The highest BCUT2D eigenvalue weighted by Crippen LogP contribution is 2.23. The first-order valence-electron chi connectivity index (χ1n) is 11.2. The zero-order valence-electron chi connectivity index (χ0n) is 19.2. The molecule has 1 aromatic carbocycles. The zero-order chi connectivity index (χ0) is 25.2. The second-order valence-corrected chi connectivity index (χ2v) is 12.7. The van der Waals surface area contributed by atoms with Crippen LogP contribution < -0.4 is 4.72 Å². The number of hydrogen-bond acceptors (Lipinski definition) is 6. The maximum absolute atomic E-state index is 13.5. The number of aromatic amines is 1. The van der Waals surface area contributed by atoms with Crippen LogP contribution in [0, 0.1) is 11.3 Å². The highest BCUT2D eigenvalue weighted by molar-refractivity contribution is 7.91. The van der Waals surface area contributed by atoms with Crippen LogP contribution in [0.1, 0.15) is 25.0 Å². The molecule has 0 radical (unpaired) electrons. The van der Waals surface area contributed by atoms with Gasteiger partial charge in [0, 0.05) is 49.2 Å². The summed E-state index contributed by atoms with van der Waals surface area (Å²) < 4.78 is 54.8. The monoisotopic (exact) mass is 517 g/mol. The fraction of sp³-hybridized carbons (Fsp3) is 0.391. The van der Waals surface area contributed by atoms with E-state index >= 15 is 0 Å². The number of H-pyrrole nitrogens is 1. The minimum Gasteiger partial charge on any atom is -0.361 e. The SMILES string of the molecule is CS(=O)(=O)C1CCN(C(=O)C(CCn2cccc2C#N)NS(=O)(=O)c2cccc3[nH]ccc23)CC1. The number of sulfonamides is 1. The van der Waals surface area contributed by atoms with Crippen molar-refractivity contribution in [2.75, 3.05) is 19.3 Å². The molecule has 1 unspecified atom stereocenters. The third-order valence-corrected chi connectivity index (χ3v) is 9.61. The molecule has 1 aliphatic rings. The molecule has 1 aliphatic heterocycles. The van der Waals surface area contributed by atoms with E-state index in [1.54, 1.807) is 47.3 Å². The van der Waals surface area contributed by atoms with Crippen LogP contribution in [0.3, 0.4) is 0 Å². The van der Waals surface area contributed by atoms with E-state index in [4.69, 9.17) is 0 Å². The van der Waals surface area contributed by atoms with Crippen molar-refractivity contribution in [1.29, 1.82) is 5.26 Å². The van der Waals surface area contributed by atoms with Crippen LogP contribution in [0.25, 0.3) is 10.9 Å². The topological polar surface area (TPSA) is 145 Å². The van der Waals surface area contributed by atoms with E-state index in [2.05, 4.69) is 15.8 Å². The Bertz CT molecular complexity index is 1480. The van der Waals surface area contributed by atoms with E-state index in [-0.39, 0.29) is 31.0 Å². The van der Waals surface area contributed by atoms with Crippen molar-refractivity contribution in [2.45, 2.75) is 42.0 Å². The largest absolute Gasteiger partial charge is 0.361 e. The molecule has 3 aromatic rings. The molecule has 186 valence electrons. The summed E-state index contributed by atoms with van der Waals surface area (Å²) in [4.78, 5) is 18.0. The van der Waals surface area contributed by atoms with E-state index in [1.807, 2.05) is 0 Å². The summed E-state index contributed by atoms with van der Waals surface area (Å²) in [5.74, 6) is -0.410. The molecular formula is C23H27N5O5S2. The first-order chi connectivity index (χ1) is 16.6. The number of carbonyl (C=O) groups is 1. The molecule has 1 atom stereocenters. The molecule has 2 N–H and O–H groups in total. The van der Waals surface area contributed by atoms with Gasteiger partial charge in [0.05, 0.1) is 10.1 Å². The van der Waals surface area contributed by atoms with Gasteiger partial charge in [0.25, 0.3) is 0 Å². The second kappa shape index (κ2) is 9.85. The lowest BCUT2D eigenvalue weighted by molar-refractivity contribution is -0.134. The van der Waals surface area contributed by atoms with Crippen molar-refractivity contribution < 1.29 is 21.6 Å². The zero-order valence-corrected chi connectivity index (χ0v) is 20.8. The number of benzene rings is 1. The van der Waals surface area contributed by atoms with Crippen molar-refractivity contribution in [3.8, 4) is 6.07 Å². The molecule has 0 spiro atoms. The minimum atomic E-state index is -4.07. The Labute approximate surface area is 204 Å². The van der Waals surface area contributed by atoms with Crippen molar-refractivity contribution >= 4 is 36.7 Å². The maximum Gasteiger partial charge on any atom is 0.241 e. The lowest BCUT2D eigenvalue weighted by atomic mass is 10.1. The number of nitrogens with zero attached hydrogens (tertiary/aromatic N) is 3. The Morgan fingerprint density at radius 3 is 2.60 bits per heavy atom. The molecule has 0 aliphatic carbocycles. The van der Waals surface area contributed by atoms with Gasteiger partial charge in [0.1, 0.15) is 27.6 Å². The molecule has 35 heavy (non-hydrogen) atoms. The molecule has 1 saturated heterocycles. The summed E-state index contributed by atoms with van der Waals surface area (Å²) in [7, 11) is -7.28. The smallest absolute Gasteiger partial charge is 0.241 e. The number of carbonyl (C=O) groups excluding carboxylic acids is 1. The number of piperidine rings is 1. The number of sulfone groups is 1. The Morgan fingerprint density at radius 2 is 1.91 bits per heavy atom. The summed E-state index contributed by atoms with van der Waals surface area (Å²) in [5, 5.41) is 9.28. The van der Waals surface area contributed by atoms with Crippen LogP contribution >= 0.6 is 0 Å². The standard InChI is InChI=1S/C23H27N5O5S2/c1-34(30,31)18-8-13-28(14-9-18)23(29)21(10-15-27-12-3-4-17(27)16-24)26-35(32,33)22-6-2-5-20-19(22)7-11-25-20/h2-7,11-12,18,21,25-26H,8-10,13-15H2,1H3. The summed E-state index contributed by atoms with van der Waals surface area (Å²) in [6, 6.07) is 10.9. The van der Waals surface area contributed by atoms with Gasteiger partial charge >= 0.3 is 0 Å². The third-order valence-electron chi connectivity index (χ3n) is 6.40. The Kier molecular flexibility index (Phi) is 7.02. The number of amides is 1. The first-order valence-corrected chi connectivity index (χ1v) is 14.7. The Hall–Kier alpha value is -3.14. The van der Waals surface area contributed by atoms with E-state index in [1.165, 1.54) is 17.2 Å². The van der Waals surface area contributed by atoms with Crippen molar-refractivity contribution in [1.82, 2.24) is 19.2 Å². The lowest BCUT2D eigenvalue weighted by Gasteiger charge is -2.33. The summed E-state index contributed by atoms with van der Waals surface area (Å²) in [6.45, 7) is 0.716. The van der Waals surface area contributed by atoms with Gasteiger partial charge in [-0.1, -0.05) is 6.07 Å². The van der Waals surface area contributed by atoms with Gasteiger partial charge in [0.2, 0.25) is 15.9 Å². The summed E-state index contributed by atoms with van der Waals surface area (Å²) in [6.07, 6.45) is 5.28. The number of aromatic nitrogens is 2. The Balaban J connectivity index is 1.58. The summed E-state index contributed by atoms with van der Waals surface area (Å²) in [5.41, 5.74) is 1.06. The van der Waals surface area contributed by atoms with Crippen LogP contribution in [-0.4, -0.2) is 67.8 Å². The molecular weight excluding hydrogens is 490 g/mol. The fourth-order valence-corrected chi connectivity index (χ4v) is 6.99. The number of likely N-dealkylation sites (tertiary alicyclic amines) is 1. The molecule has 0 saturated carbocycles. The lowest BCUT2D eigenvalue weighted by Crippen LogP contribution is -2.52. The van der Waals surface area contributed by atoms with Gasteiger partial charge in [-0.15, -0.1) is 0 Å². The highest BCUT2D eigenvalue weighted by Gasteiger charge is 2.34. The van der Waals surface area contributed by atoms with Gasteiger partial charge in [-0.25, -0.2) is 16.8 Å². The molecule has 3 heterocycles. The first kappa shape index (κ1) is 25.0. The van der Waals surface area contributed by atoms with Crippen LogP contribution in [0.15, 0.2) is 53.7 Å². The Morgan fingerprint density at radius 1 is 1.17 bits per heavy atom. The molecule has 10 nitrogen and oxygen atoms in total. The minimum absolute atomic E-state index is 0.0588. The van der Waals surface area contributed by atoms with Gasteiger partial charge in [-0.05, 0) is 49.6 Å². The van der Waals surface area contributed by atoms with E-state index in [0.717, 1.165) is 0 Å². The van der Waals surface area contributed by atoms with E-state index < -0.39 is 37.1 Å². The average Bonchev–Trinajstić information content (AvgIpc) is 3.49. The number of fused-ring (bicyclic) bond motifs is 1. The summed E-state index contributed by atoms with van der Waals surface area (Å²) >= 11 is 0. The number of nitrogens with one attached hydrogen (secondary N) is 2. The predicted molar refractivity (Wildman–Crippen MR) is 131 cm³/mol. The predicted octanol–water partition coefficient (Wildman–Crippen LogP) is 1.61. The highest BCUT2D eigenvalue weighted by atomic mass is 32.2. The van der Waals surface area contributed by atoms with E-state index in [9.17, 15) is 26.9 Å². The molecule has 12 heteroatoms. The van der Waals surface area contributed by atoms with Crippen molar-refractivity contribution in [3.63, 3.8) is 0 Å². The molecule has 1 fully saturated rings.